The molecule has 3 rings (SSSR count). The van der Waals surface area contributed by atoms with Crippen molar-refractivity contribution in [3.63, 3.8) is 0 Å². The van der Waals surface area contributed by atoms with Crippen LogP contribution in [0.3, 0.4) is 0 Å². The van der Waals surface area contributed by atoms with E-state index in [9.17, 15) is 4.79 Å². The van der Waals surface area contributed by atoms with Crippen molar-refractivity contribution in [1.29, 1.82) is 0 Å². The summed E-state index contributed by atoms with van der Waals surface area (Å²) in [5, 5.41) is 1.34. The Bertz CT molecular complexity index is 750. The summed E-state index contributed by atoms with van der Waals surface area (Å²) >= 11 is 8.99. The molecule has 108 valence electrons. The van der Waals surface area contributed by atoms with Crippen molar-refractivity contribution >= 4 is 45.5 Å². The van der Waals surface area contributed by atoms with E-state index in [1.54, 1.807) is 15.9 Å². The van der Waals surface area contributed by atoms with E-state index in [0.717, 1.165) is 22.3 Å². The summed E-state index contributed by atoms with van der Waals surface area (Å²) in [6.07, 6.45) is 3.75. The van der Waals surface area contributed by atoms with Crippen molar-refractivity contribution in [2.75, 3.05) is 5.75 Å². The van der Waals surface area contributed by atoms with Crippen LogP contribution in [0, 0.1) is 18.6 Å². The molecule has 1 atom stereocenters. The average Bonchev–Trinajstić information content (AvgIpc) is 2.71. The maximum absolute atomic E-state index is 12.7. The number of hydrogen-bond donors (Lipinski definition) is 1. The second-order valence-corrected chi connectivity index (χ2v) is 8.34. The molecule has 3 nitrogen and oxygen atoms in total. The van der Waals surface area contributed by atoms with Crippen molar-refractivity contribution in [2.45, 2.75) is 44.9 Å². The summed E-state index contributed by atoms with van der Waals surface area (Å²) in [4.78, 5) is 18.1. The smallest absolute Gasteiger partial charge is 0.263 e. The summed E-state index contributed by atoms with van der Waals surface area (Å²) in [5.41, 5.74) is 1.17. The number of aromatic nitrogens is 2. The molecule has 1 unspecified atom stereocenters. The van der Waals surface area contributed by atoms with Crippen molar-refractivity contribution in [2.24, 2.45) is 0 Å². The molecular weight excluding hydrogens is 308 g/mol. The third-order valence-corrected chi connectivity index (χ3v) is 6.80. The molecule has 6 heteroatoms. The van der Waals surface area contributed by atoms with Crippen LogP contribution in [0.5, 0.6) is 0 Å². The summed E-state index contributed by atoms with van der Waals surface area (Å²) in [6.45, 7) is 4.81. The largest absolute Gasteiger partial charge is 0.323 e. The second-order valence-electron chi connectivity index (χ2n) is 5.32. The fourth-order valence-corrected chi connectivity index (χ4v) is 5.35. The van der Waals surface area contributed by atoms with Crippen LogP contribution in [0.2, 0.25) is 0 Å². The summed E-state index contributed by atoms with van der Waals surface area (Å²) in [7, 11) is 0. The Morgan fingerprint density at radius 3 is 2.90 bits per heavy atom. The van der Waals surface area contributed by atoms with E-state index in [-0.39, 0.29) is 5.56 Å². The van der Waals surface area contributed by atoms with Crippen LogP contribution in [0.15, 0.2) is 4.79 Å². The molecule has 0 bridgehead atoms. The van der Waals surface area contributed by atoms with Gasteiger partial charge in [-0.1, -0.05) is 6.42 Å². The predicted molar refractivity (Wildman–Crippen MR) is 90.8 cm³/mol. The van der Waals surface area contributed by atoms with Crippen LogP contribution in [-0.4, -0.2) is 20.6 Å². The molecule has 2 aromatic heterocycles. The van der Waals surface area contributed by atoms with E-state index >= 15 is 0 Å². The molecule has 1 aliphatic heterocycles. The number of aryl methyl sites for hydroxylation is 2. The quantitative estimate of drug-likeness (QED) is 0.847. The molecule has 2 aromatic rings. The number of thioether (sulfide) groups is 1. The van der Waals surface area contributed by atoms with Gasteiger partial charge in [-0.3, -0.25) is 9.36 Å². The molecule has 0 spiro atoms. The second kappa shape index (κ2) is 5.66. The third kappa shape index (κ3) is 2.49. The van der Waals surface area contributed by atoms with Gasteiger partial charge in [0.15, 0.2) is 4.77 Å². The molecule has 0 aliphatic carbocycles. The van der Waals surface area contributed by atoms with E-state index in [1.165, 1.54) is 29.9 Å². The zero-order valence-corrected chi connectivity index (χ0v) is 14.1. The molecule has 1 aliphatic rings. The molecule has 1 saturated heterocycles. The summed E-state index contributed by atoms with van der Waals surface area (Å²) in [5.74, 6) is 1.20. The van der Waals surface area contributed by atoms with E-state index in [2.05, 4.69) is 11.9 Å². The van der Waals surface area contributed by atoms with Crippen LogP contribution in [0.4, 0.5) is 0 Å². The highest BCUT2D eigenvalue weighted by atomic mass is 32.2. The number of thiophene rings is 1. The number of hydrogen-bond acceptors (Lipinski definition) is 4. The first-order chi connectivity index (χ1) is 9.58. The molecule has 0 amide bonds. The van der Waals surface area contributed by atoms with Crippen molar-refractivity contribution in [3.8, 4) is 0 Å². The molecule has 1 fully saturated rings. The monoisotopic (exact) mass is 326 g/mol. The maximum Gasteiger partial charge on any atom is 0.263 e. The minimum absolute atomic E-state index is 0.0803. The summed E-state index contributed by atoms with van der Waals surface area (Å²) < 4.78 is 2.33. The Labute approximate surface area is 131 Å². The molecule has 0 aromatic carbocycles. The fourth-order valence-electron chi connectivity index (χ4n) is 2.69. The lowest BCUT2D eigenvalue weighted by Crippen LogP contribution is -2.28. The SMILES string of the molecule is Cc1sc2[nH]c(=S)n(CC3CCCCS3)c(=O)c2c1C. The van der Waals surface area contributed by atoms with Gasteiger partial charge in [0, 0.05) is 16.7 Å². The van der Waals surface area contributed by atoms with Gasteiger partial charge < -0.3 is 4.98 Å². The van der Waals surface area contributed by atoms with Crippen LogP contribution in [-0.2, 0) is 6.54 Å². The highest BCUT2D eigenvalue weighted by molar-refractivity contribution is 7.99. The highest BCUT2D eigenvalue weighted by Gasteiger charge is 2.18. The standard InChI is InChI=1S/C14H18N2OS3/c1-8-9(2)20-12-11(8)13(17)16(14(18)15-12)7-10-5-3-4-6-19-10/h10H,3-7H2,1-2H3,(H,15,18). The molecule has 0 saturated carbocycles. The minimum Gasteiger partial charge on any atom is -0.323 e. The lowest BCUT2D eigenvalue weighted by Gasteiger charge is -2.21. The first-order valence-electron chi connectivity index (χ1n) is 6.92. The molecular formula is C14H18N2OS3. The number of rotatable bonds is 2. The minimum atomic E-state index is 0.0803. The summed E-state index contributed by atoms with van der Waals surface area (Å²) in [6, 6.07) is 0. The van der Waals surface area contributed by atoms with E-state index in [1.807, 2.05) is 18.7 Å². The Morgan fingerprint density at radius 2 is 2.20 bits per heavy atom. The van der Waals surface area contributed by atoms with Gasteiger partial charge >= 0.3 is 0 Å². The van der Waals surface area contributed by atoms with Crippen LogP contribution < -0.4 is 5.56 Å². The Hall–Kier alpha value is -0.590. The number of H-pyrrole nitrogens is 1. The average molecular weight is 327 g/mol. The van der Waals surface area contributed by atoms with E-state index in [0.29, 0.717) is 10.0 Å². The Balaban J connectivity index is 2.08. The van der Waals surface area contributed by atoms with Gasteiger partial charge in [-0.25, -0.2) is 0 Å². The van der Waals surface area contributed by atoms with Crippen molar-refractivity contribution < 1.29 is 0 Å². The Morgan fingerprint density at radius 1 is 1.40 bits per heavy atom. The molecule has 1 N–H and O–H groups in total. The lowest BCUT2D eigenvalue weighted by atomic mass is 10.2. The van der Waals surface area contributed by atoms with Gasteiger partial charge in [0.25, 0.3) is 5.56 Å². The van der Waals surface area contributed by atoms with Crippen LogP contribution in [0.25, 0.3) is 10.2 Å². The van der Waals surface area contributed by atoms with E-state index in [4.69, 9.17) is 12.2 Å². The van der Waals surface area contributed by atoms with Crippen molar-refractivity contribution in [1.82, 2.24) is 9.55 Å². The van der Waals surface area contributed by atoms with E-state index < -0.39 is 0 Å². The third-order valence-electron chi connectivity index (χ3n) is 3.97. The number of aromatic amines is 1. The molecule has 3 heterocycles. The van der Waals surface area contributed by atoms with Gasteiger partial charge in [-0.05, 0) is 50.2 Å². The first-order valence-corrected chi connectivity index (χ1v) is 9.19. The van der Waals surface area contributed by atoms with Gasteiger partial charge in [-0.15, -0.1) is 11.3 Å². The highest BCUT2D eigenvalue weighted by Crippen LogP contribution is 2.28. The predicted octanol–water partition coefficient (Wildman–Crippen LogP) is 4.02. The normalized spacial score (nSPS) is 19.6. The van der Waals surface area contributed by atoms with Crippen molar-refractivity contribution in [3.05, 3.63) is 25.6 Å². The Kier molecular flexibility index (Phi) is 4.06. The zero-order chi connectivity index (χ0) is 14.3. The number of nitrogens with one attached hydrogen (secondary N) is 1. The van der Waals surface area contributed by atoms with Gasteiger partial charge in [0.2, 0.25) is 0 Å². The number of nitrogens with zero attached hydrogens (tertiary/aromatic N) is 1. The molecule has 20 heavy (non-hydrogen) atoms. The van der Waals surface area contributed by atoms with Gasteiger partial charge in [0.05, 0.1) is 5.39 Å². The van der Waals surface area contributed by atoms with Crippen LogP contribution >= 0.6 is 35.3 Å². The first kappa shape index (κ1) is 14.4. The topological polar surface area (TPSA) is 37.8 Å². The maximum atomic E-state index is 12.7. The van der Waals surface area contributed by atoms with Gasteiger partial charge in [0.1, 0.15) is 4.83 Å². The molecule has 0 radical (unpaired) electrons. The number of fused-ring (bicyclic) bond motifs is 1. The van der Waals surface area contributed by atoms with Crippen LogP contribution in [0.1, 0.15) is 29.7 Å². The zero-order valence-electron chi connectivity index (χ0n) is 11.7. The van der Waals surface area contributed by atoms with Gasteiger partial charge in [-0.2, -0.15) is 11.8 Å². The lowest BCUT2D eigenvalue weighted by molar-refractivity contribution is 0.564. The fraction of sp³-hybridized carbons (Fsp3) is 0.571.